The van der Waals surface area contributed by atoms with Crippen LogP contribution in [-0.4, -0.2) is 26.4 Å². The Morgan fingerprint density at radius 3 is 0.869 bits per heavy atom. The lowest BCUT2D eigenvalue weighted by molar-refractivity contribution is 0.171. The van der Waals surface area contributed by atoms with Crippen LogP contribution in [0.3, 0.4) is 0 Å². The van der Waals surface area contributed by atoms with Gasteiger partial charge < -0.3 is 28.7 Å². The molecule has 1 spiro atoms. The molecule has 0 aromatic heterocycles. The largest absolute Gasteiger partial charge is 0.486 e. The van der Waals surface area contributed by atoms with Gasteiger partial charge in [0.1, 0.15) is 26.4 Å². The van der Waals surface area contributed by atoms with E-state index in [1.165, 1.54) is 0 Å². The second-order valence-electron chi connectivity index (χ2n) is 25.4. The monoisotopic (exact) mass is 1270 g/mol. The minimum absolute atomic E-state index is 0.430. The van der Waals surface area contributed by atoms with Crippen molar-refractivity contribution in [2.24, 2.45) is 0 Å². The van der Waals surface area contributed by atoms with Crippen LogP contribution in [0.25, 0.3) is 89.0 Å². The van der Waals surface area contributed by atoms with Crippen molar-refractivity contribution in [3.8, 4) is 124 Å². The quantitative estimate of drug-likeness (QED) is 0.119. The molecule has 0 radical (unpaired) electrons. The Hall–Kier alpha value is -13.1. The molecule has 8 heteroatoms. The van der Waals surface area contributed by atoms with E-state index in [-0.39, 0.29) is 0 Å². The second-order valence-corrected chi connectivity index (χ2v) is 25.4. The van der Waals surface area contributed by atoms with Gasteiger partial charge >= 0.3 is 0 Å². The summed E-state index contributed by atoms with van der Waals surface area (Å²) in [5, 5.41) is 21.9. The van der Waals surface area contributed by atoms with Gasteiger partial charge in [0.05, 0.1) is 40.1 Å². The molecule has 0 unspecified atom stereocenters. The molecule has 14 aromatic rings. The smallest absolute Gasteiger partial charge is 0.163 e. The normalized spacial score (nSPS) is 13.1. The van der Waals surface area contributed by atoms with E-state index in [2.05, 4.69) is 313 Å². The van der Waals surface area contributed by atoms with Gasteiger partial charge in [-0.3, -0.25) is 0 Å². The molecule has 18 rings (SSSR count). The summed E-state index contributed by atoms with van der Waals surface area (Å²) in [5.74, 6) is 2.71. The second kappa shape index (κ2) is 24.3. The lowest BCUT2D eigenvalue weighted by Gasteiger charge is -2.34. The molecule has 8 nitrogen and oxygen atoms in total. The Balaban J connectivity index is 0.847. The molecule has 4 aliphatic rings. The van der Waals surface area contributed by atoms with E-state index in [1.807, 2.05) is 24.3 Å². The van der Waals surface area contributed by atoms with Gasteiger partial charge in [-0.05, 0) is 245 Å². The summed E-state index contributed by atoms with van der Waals surface area (Å²) in [7, 11) is 0. The summed E-state index contributed by atoms with van der Waals surface area (Å²) in [4.78, 5) is 4.62. The SMILES string of the molecule is N#Cc1ccc2c(c1)C1(c3cc(C#N)ccc3-2)c2cc(N(c3cccc(-c4cc(-c5ccccc5)cc(-c5ccccc5)c4)c3)c3ccc4c(c3)OCCO4)ccc2-c2ccc(N(c3cccc(-c4cc(-c5ccccc5)cc(-c5ccccc5)c4)c3)c3ccc4c(c3)OCCO4)cc21. The molecule has 14 aromatic carbocycles. The van der Waals surface area contributed by atoms with Gasteiger partial charge in [0.2, 0.25) is 0 Å². The van der Waals surface area contributed by atoms with Crippen molar-refractivity contribution >= 4 is 34.1 Å². The number of hydrogen-bond acceptors (Lipinski definition) is 8. The van der Waals surface area contributed by atoms with Crippen molar-refractivity contribution in [1.82, 2.24) is 0 Å². The number of fused-ring (bicyclic) bond motifs is 12. The molecule has 99 heavy (non-hydrogen) atoms. The molecule has 468 valence electrons. The summed E-state index contributed by atoms with van der Waals surface area (Å²) in [5.41, 5.74) is 26.6. The average Bonchev–Trinajstić information content (AvgIpc) is 1.50. The lowest BCUT2D eigenvalue weighted by Crippen LogP contribution is -2.27. The van der Waals surface area contributed by atoms with Gasteiger partial charge in [0, 0.05) is 34.9 Å². The van der Waals surface area contributed by atoms with Crippen LogP contribution in [0, 0.1) is 22.7 Å². The van der Waals surface area contributed by atoms with E-state index in [0.29, 0.717) is 60.6 Å². The summed E-state index contributed by atoms with van der Waals surface area (Å²) < 4.78 is 25.1. The Kier molecular flexibility index (Phi) is 14.3. The lowest BCUT2D eigenvalue weighted by atomic mass is 9.70. The molecule has 0 saturated heterocycles. The summed E-state index contributed by atoms with van der Waals surface area (Å²) in [6.07, 6.45) is 0. The average molecular weight is 1270 g/mol. The van der Waals surface area contributed by atoms with Crippen LogP contribution < -0.4 is 28.7 Å². The van der Waals surface area contributed by atoms with Crippen LogP contribution in [0.2, 0.25) is 0 Å². The fourth-order valence-corrected chi connectivity index (χ4v) is 15.3. The maximum absolute atomic E-state index is 11.0. The Morgan fingerprint density at radius 1 is 0.232 bits per heavy atom. The minimum atomic E-state index is -1.06. The van der Waals surface area contributed by atoms with E-state index in [0.717, 1.165) is 145 Å². The number of rotatable bonds is 12. The van der Waals surface area contributed by atoms with Gasteiger partial charge in [0.25, 0.3) is 0 Å². The van der Waals surface area contributed by atoms with Gasteiger partial charge in [-0.15, -0.1) is 0 Å². The molecule has 0 saturated carbocycles. The van der Waals surface area contributed by atoms with E-state index >= 15 is 0 Å². The molecule has 2 heterocycles. The zero-order valence-corrected chi connectivity index (χ0v) is 53.8. The minimum Gasteiger partial charge on any atom is -0.486 e. The van der Waals surface area contributed by atoms with Crippen LogP contribution in [0.15, 0.2) is 315 Å². The first-order valence-corrected chi connectivity index (χ1v) is 33.4. The van der Waals surface area contributed by atoms with Crippen LogP contribution in [-0.2, 0) is 5.41 Å². The zero-order chi connectivity index (χ0) is 66.0. The number of ether oxygens (including phenoxy) is 4. The predicted molar refractivity (Wildman–Crippen MR) is 396 cm³/mol. The van der Waals surface area contributed by atoms with Gasteiger partial charge in [0.15, 0.2) is 23.0 Å². The number of benzene rings is 14. The number of hydrogen-bond donors (Lipinski definition) is 0. The van der Waals surface area contributed by atoms with Crippen molar-refractivity contribution in [2.45, 2.75) is 5.41 Å². The molecule has 0 N–H and O–H groups in total. The van der Waals surface area contributed by atoms with Crippen LogP contribution in [0.4, 0.5) is 34.1 Å². The molecule has 0 amide bonds. The topological polar surface area (TPSA) is 91.0 Å². The molecular weight excluding hydrogens is 1210 g/mol. The third-order valence-corrected chi connectivity index (χ3v) is 19.8. The predicted octanol–water partition coefficient (Wildman–Crippen LogP) is 22.3. The highest BCUT2D eigenvalue weighted by Crippen LogP contribution is 2.65. The standard InChI is InChI=1S/C91H60N4O4/c92-57-59-27-33-79-80-34-28-60(58-93)44-84(80)91(83(79)43-59)85-53-75(94(77-31-37-87-89(55-77)98-41-39-96-87)73-25-13-23-65(51-73)71-47-67(61-15-5-1-6-16-61)45-68(48-71)62-17-7-2-8-18-62)29-35-81(85)82-36-30-76(54-86(82)91)95(78-32-38-88-90(56-78)99-42-40-97-88)74-26-14-24-66(52-74)72-49-69(63-19-9-3-10-20-63)46-70(50-72)64-21-11-4-12-22-64/h1-38,43-56H,39-42H2. The zero-order valence-electron chi connectivity index (χ0n) is 53.8. The van der Waals surface area contributed by atoms with Crippen molar-refractivity contribution in [3.63, 3.8) is 0 Å². The highest BCUT2D eigenvalue weighted by atomic mass is 16.6. The van der Waals surface area contributed by atoms with E-state index in [4.69, 9.17) is 18.9 Å². The third-order valence-electron chi connectivity index (χ3n) is 19.8. The summed E-state index contributed by atoms with van der Waals surface area (Å²) in [6.45, 7) is 1.79. The van der Waals surface area contributed by atoms with E-state index in [1.54, 1.807) is 0 Å². The van der Waals surface area contributed by atoms with Crippen molar-refractivity contribution in [2.75, 3.05) is 36.2 Å². The highest BCUT2D eigenvalue weighted by molar-refractivity contribution is 5.99. The molecule has 0 fully saturated rings. The van der Waals surface area contributed by atoms with Gasteiger partial charge in [-0.25, -0.2) is 0 Å². The molecule has 0 bridgehead atoms. The van der Waals surface area contributed by atoms with Gasteiger partial charge in [-0.1, -0.05) is 170 Å². The Morgan fingerprint density at radius 2 is 0.515 bits per heavy atom. The van der Waals surface area contributed by atoms with E-state index < -0.39 is 5.41 Å². The van der Waals surface area contributed by atoms with Crippen molar-refractivity contribution in [1.29, 1.82) is 10.5 Å². The van der Waals surface area contributed by atoms with Gasteiger partial charge in [-0.2, -0.15) is 10.5 Å². The first kappa shape index (κ1) is 58.4. The maximum atomic E-state index is 11.0. The number of nitriles is 2. The third kappa shape index (κ3) is 10.2. The fourth-order valence-electron chi connectivity index (χ4n) is 15.3. The van der Waals surface area contributed by atoms with Crippen molar-refractivity contribution < 1.29 is 18.9 Å². The Labute approximate surface area is 574 Å². The molecule has 0 atom stereocenters. The fraction of sp³-hybridized carbons (Fsp3) is 0.0549. The number of nitrogens with zero attached hydrogens (tertiary/aromatic N) is 4. The molecular formula is C91H60N4O4. The first-order valence-electron chi connectivity index (χ1n) is 33.4. The van der Waals surface area contributed by atoms with Crippen molar-refractivity contribution in [3.05, 3.63) is 349 Å². The molecule has 2 aliphatic carbocycles. The van der Waals surface area contributed by atoms with E-state index in [9.17, 15) is 10.5 Å². The first-order chi connectivity index (χ1) is 48.9. The number of anilines is 6. The van der Waals surface area contributed by atoms with Crippen LogP contribution in [0.5, 0.6) is 23.0 Å². The Bertz CT molecular complexity index is 5160. The molecule has 2 aliphatic heterocycles. The van der Waals surface area contributed by atoms with Crippen LogP contribution >= 0.6 is 0 Å². The highest BCUT2D eigenvalue weighted by Gasteiger charge is 2.53. The van der Waals surface area contributed by atoms with Crippen LogP contribution in [0.1, 0.15) is 33.4 Å². The maximum Gasteiger partial charge on any atom is 0.163 e. The summed E-state index contributed by atoms with van der Waals surface area (Å²) >= 11 is 0. The summed E-state index contributed by atoms with van der Waals surface area (Å²) in [6, 6.07) is 117.